The van der Waals surface area contributed by atoms with Crippen molar-refractivity contribution in [3.05, 3.63) is 23.4 Å². The zero-order valence-corrected chi connectivity index (χ0v) is 13.3. The van der Waals surface area contributed by atoms with Gasteiger partial charge in [0.15, 0.2) is 11.9 Å². The van der Waals surface area contributed by atoms with E-state index in [0.29, 0.717) is 23.4 Å². The Morgan fingerprint density at radius 2 is 2.23 bits per heavy atom. The molecule has 2 aromatic rings. The predicted octanol–water partition coefficient (Wildman–Crippen LogP) is 3.28. The van der Waals surface area contributed by atoms with Gasteiger partial charge in [0.25, 0.3) is 0 Å². The van der Waals surface area contributed by atoms with E-state index in [0.717, 1.165) is 45.4 Å². The molecule has 3 rings (SSSR count). The molecule has 0 bridgehead atoms. The van der Waals surface area contributed by atoms with Crippen LogP contribution in [0.5, 0.6) is 5.75 Å². The number of fused-ring (bicyclic) bond motifs is 1. The molecule has 0 radical (unpaired) electrons. The van der Waals surface area contributed by atoms with Gasteiger partial charge in [0.1, 0.15) is 5.75 Å². The minimum Gasteiger partial charge on any atom is -0.508 e. The number of rotatable bonds is 5. The van der Waals surface area contributed by atoms with Gasteiger partial charge in [-0.2, -0.15) is 0 Å². The Bertz CT molecular complexity index is 690. The zero-order chi connectivity index (χ0) is 15.5. The molecule has 1 saturated heterocycles. The topological polar surface area (TPSA) is 66.6 Å². The van der Waals surface area contributed by atoms with E-state index in [4.69, 9.17) is 4.52 Å². The average Bonchev–Trinajstić information content (AvgIpc) is 2.95. The summed E-state index contributed by atoms with van der Waals surface area (Å²) in [5, 5.41) is 14.6. The number of aldehydes is 1. The van der Waals surface area contributed by atoms with Gasteiger partial charge in [0, 0.05) is 18.5 Å². The van der Waals surface area contributed by atoms with Crippen LogP contribution in [0.1, 0.15) is 35.3 Å². The summed E-state index contributed by atoms with van der Waals surface area (Å²) in [6.45, 7) is 2.21. The van der Waals surface area contributed by atoms with Crippen molar-refractivity contribution >= 4 is 31.9 Å². The van der Waals surface area contributed by atoms with E-state index in [1.807, 2.05) is 0 Å². The van der Waals surface area contributed by atoms with Crippen LogP contribution in [0.4, 0.5) is 0 Å². The molecule has 0 amide bonds. The molecule has 0 saturated carbocycles. The molecule has 0 atom stereocenters. The summed E-state index contributed by atoms with van der Waals surface area (Å²) >= 11 is 0. The van der Waals surface area contributed by atoms with Crippen LogP contribution in [0.2, 0.25) is 0 Å². The number of aryl methyl sites for hydroxylation is 1. The van der Waals surface area contributed by atoms with Crippen LogP contribution in [0.3, 0.4) is 0 Å². The first-order valence-corrected chi connectivity index (χ1v) is 8.52. The minimum absolute atomic E-state index is 0.0711. The van der Waals surface area contributed by atoms with Gasteiger partial charge < -0.3 is 9.63 Å². The van der Waals surface area contributed by atoms with Gasteiger partial charge >= 0.3 is 0 Å². The third-order valence-electron chi connectivity index (χ3n) is 4.37. The van der Waals surface area contributed by atoms with Crippen LogP contribution in [-0.2, 0) is 6.42 Å². The Morgan fingerprint density at radius 1 is 1.45 bits per heavy atom. The molecular formula is C16H19N2O3P. The largest absolute Gasteiger partial charge is 0.508 e. The van der Waals surface area contributed by atoms with Crippen molar-refractivity contribution in [1.82, 2.24) is 9.83 Å². The van der Waals surface area contributed by atoms with Crippen LogP contribution in [0, 0.1) is 5.92 Å². The second kappa shape index (κ2) is 6.59. The number of benzene rings is 1. The van der Waals surface area contributed by atoms with E-state index < -0.39 is 0 Å². The second-order valence-electron chi connectivity index (χ2n) is 5.74. The molecule has 0 spiro atoms. The van der Waals surface area contributed by atoms with Crippen molar-refractivity contribution in [1.29, 1.82) is 0 Å². The molecule has 5 nitrogen and oxygen atoms in total. The zero-order valence-electron chi connectivity index (χ0n) is 12.4. The van der Waals surface area contributed by atoms with Crippen molar-refractivity contribution in [3.63, 3.8) is 0 Å². The van der Waals surface area contributed by atoms with Gasteiger partial charge in [0.05, 0.1) is 11.3 Å². The first kappa shape index (κ1) is 15.2. The molecule has 6 heteroatoms. The van der Waals surface area contributed by atoms with Gasteiger partial charge in [-0.1, -0.05) is 11.5 Å². The van der Waals surface area contributed by atoms with Crippen molar-refractivity contribution in [2.75, 3.05) is 13.1 Å². The summed E-state index contributed by atoms with van der Waals surface area (Å²) in [6, 6.07) is 3.02. The molecule has 1 N–H and O–H groups in total. The summed E-state index contributed by atoms with van der Waals surface area (Å²) in [7, 11) is 1.11. The van der Waals surface area contributed by atoms with Gasteiger partial charge in [-0.3, -0.25) is 9.46 Å². The van der Waals surface area contributed by atoms with Crippen molar-refractivity contribution in [3.8, 4) is 5.75 Å². The lowest BCUT2D eigenvalue weighted by molar-refractivity contribution is 0.112. The highest BCUT2D eigenvalue weighted by molar-refractivity contribution is 7.33. The Labute approximate surface area is 130 Å². The normalized spacial score (nSPS) is 17.3. The fraction of sp³-hybridized carbons (Fsp3) is 0.438. The number of hydrogen-bond acceptors (Lipinski definition) is 5. The molecule has 1 aromatic carbocycles. The first-order chi connectivity index (χ1) is 10.7. The minimum atomic E-state index is 0.0711. The fourth-order valence-corrected chi connectivity index (χ4v) is 3.57. The highest BCUT2D eigenvalue weighted by Gasteiger charge is 2.19. The molecule has 0 aliphatic carbocycles. The average molecular weight is 318 g/mol. The number of aromatic hydroxyl groups is 1. The fourth-order valence-electron chi connectivity index (χ4n) is 3.06. The molecule has 1 aliphatic rings. The molecule has 0 unspecified atom stereocenters. The second-order valence-corrected chi connectivity index (χ2v) is 6.58. The smallest absolute Gasteiger partial charge is 0.177 e. The third kappa shape index (κ3) is 3.06. The molecular weight excluding hydrogens is 299 g/mol. The van der Waals surface area contributed by atoms with E-state index in [-0.39, 0.29) is 5.75 Å². The number of nitrogens with zero attached hydrogens (tertiary/aromatic N) is 2. The maximum absolute atomic E-state index is 11.0. The van der Waals surface area contributed by atoms with Crippen LogP contribution >= 0.6 is 8.35 Å². The monoisotopic (exact) mass is 318 g/mol. The number of carbonyl (C=O) groups excluding carboxylic acids is 1. The van der Waals surface area contributed by atoms with E-state index in [2.05, 4.69) is 16.1 Å². The highest BCUT2D eigenvalue weighted by Crippen LogP contribution is 2.30. The summed E-state index contributed by atoms with van der Waals surface area (Å²) in [5.41, 5.74) is 1.64. The van der Waals surface area contributed by atoms with Crippen molar-refractivity contribution in [2.45, 2.75) is 25.7 Å². The summed E-state index contributed by atoms with van der Waals surface area (Å²) in [6.07, 6.45) is 8.81. The number of hydrogen-bond donors (Lipinski definition) is 1. The maximum atomic E-state index is 11.0. The highest BCUT2D eigenvalue weighted by atomic mass is 31.1. The summed E-state index contributed by atoms with van der Waals surface area (Å²) in [4.78, 5) is 11.0. The van der Waals surface area contributed by atoms with Crippen LogP contribution in [0.25, 0.3) is 11.0 Å². The van der Waals surface area contributed by atoms with Crippen LogP contribution in [0.15, 0.2) is 16.7 Å². The predicted molar refractivity (Wildman–Crippen MR) is 87.7 cm³/mol. The molecule has 1 fully saturated rings. The first-order valence-electron chi connectivity index (χ1n) is 7.49. The Kier molecular flexibility index (Phi) is 4.55. The lowest BCUT2D eigenvalue weighted by Gasteiger charge is -2.28. The van der Waals surface area contributed by atoms with Gasteiger partial charge in [0.2, 0.25) is 0 Å². The van der Waals surface area contributed by atoms with Crippen LogP contribution < -0.4 is 0 Å². The lowest BCUT2D eigenvalue weighted by Crippen LogP contribution is -2.26. The van der Waals surface area contributed by atoms with Crippen molar-refractivity contribution in [2.24, 2.45) is 5.92 Å². The molecule has 1 aliphatic heterocycles. The number of piperidine rings is 1. The summed E-state index contributed by atoms with van der Waals surface area (Å²) < 4.78 is 7.63. The Balaban J connectivity index is 1.71. The SMILES string of the molecule is C=PN1CCC(CCc2noc3c(C=O)cc(O)cc23)CC1. The third-order valence-corrected chi connectivity index (χ3v) is 5.17. The molecule has 116 valence electrons. The van der Waals surface area contributed by atoms with Gasteiger partial charge in [-0.15, -0.1) is 0 Å². The standard InChI is InChI=1S/C16H19N2O3P/c1-22-18-6-4-11(5-7-18)2-3-15-14-9-13(20)8-12(10-19)16(14)21-17-15/h8-11,20H,1-7H2. The molecule has 22 heavy (non-hydrogen) atoms. The van der Waals surface area contributed by atoms with Crippen LogP contribution in [-0.4, -0.2) is 40.6 Å². The molecule has 2 heterocycles. The maximum Gasteiger partial charge on any atom is 0.177 e. The number of aromatic nitrogens is 1. The Hall–Kier alpha value is -1.71. The van der Waals surface area contributed by atoms with E-state index in [1.165, 1.54) is 18.9 Å². The molecule has 1 aromatic heterocycles. The quantitative estimate of drug-likeness (QED) is 0.677. The van der Waals surface area contributed by atoms with E-state index >= 15 is 0 Å². The van der Waals surface area contributed by atoms with Crippen molar-refractivity contribution < 1.29 is 14.4 Å². The van der Waals surface area contributed by atoms with Gasteiger partial charge in [-0.25, -0.2) is 0 Å². The van der Waals surface area contributed by atoms with Gasteiger partial charge in [-0.05, 0) is 52.1 Å². The number of phenols is 1. The number of carbonyl (C=O) groups is 1. The summed E-state index contributed by atoms with van der Waals surface area (Å²) in [5.74, 6) is 0.759. The Morgan fingerprint density at radius 3 is 2.91 bits per heavy atom. The van der Waals surface area contributed by atoms with E-state index in [9.17, 15) is 9.90 Å². The number of phenolic OH excluding ortho intramolecular Hbond substituents is 1. The lowest BCUT2D eigenvalue weighted by atomic mass is 9.92. The van der Waals surface area contributed by atoms with E-state index in [1.54, 1.807) is 6.07 Å².